The van der Waals surface area contributed by atoms with Crippen molar-refractivity contribution in [2.75, 3.05) is 7.11 Å². The zero-order valence-corrected chi connectivity index (χ0v) is 8.84. The second-order valence-corrected chi connectivity index (χ2v) is 3.61. The number of fused-ring (bicyclic) bond motifs is 1. The van der Waals surface area contributed by atoms with E-state index >= 15 is 0 Å². The minimum Gasteiger partial charge on any atom is -0.497 e. The Hall–Kier alpha value is -1.15. The molecule has 3 heteroatoms. The molecule has 0 saturated heterocycles. The van der Waals surface area contributed by atoms with Crippen LogP contribution in [0.1, 0.15) is 12.5 Å². The van der Waals surface area contributed by atoms with E-state index in [1.807, 2.05) is 31.2 Å². The van der Waals surface area contributed by atoms with Gasteiger partial charge in [0, 0.05) is 5.56 Å². The zero-order valence-electron chi connectivity index (χ0n) is 8.08. The molecule has 0 aromatic heterocycles. The van der Waals surface area contributed by atoms with Crippen molar-refractivity contribution >= 4 is 16.6 Å². The van der Waals surface area contributed by atoms with Gasteiger partial charge in [0.1, 0.15) is 17.6 Å². The van der Waals surface area contributed by atoms with Crippen LogP contribution in [0.4, 0.5) is 0 Å². The van der Waals surface area contributed by atoms with E-state index in [4.69, 9.17) is 21.1 Å². The van der Waals surface area contributed by atoms with E-state index in [0.29, 0.717) is 0 Å². The van der Waals surface area contributed by atoms with Crippen molar-refractivity contribution in [2.24, 2.45) is 0 Å². The van der Waals surface area contributed by atoms with Gasteiger partial charge in [-0.2, -0.15) is 0 Å². The standard InChI is InChI=1S/C11H11ClO2/c1-7-5-10(12)9-6-8(13-2)3-4-11(9)14-7/h3-7H,1-2H3. The van der Waals surface area contributed by atoms with Gasteiger partial charge in [0.15, 0.2) is 0 Å². The number of benzene rings is 1. The summed E-state index contributed by atoms with van der Waals surface area (Å²) in [7, 11) is 1.63. The van der Waals surface area contributed by atoms with Gasteiger partial charge in [0.2, 0.25) is 0 Å². The summed E-state index contributed by atoms with van der Waals surface area (Å²) in [5, 5.41) is 0.720. The molecule has 1 atom stereocenters. The Morgan fingerprint density at radius 3 is 2.93 bits per heavy atom. The van der Waals surface area contributed by atoms with Gasteiger partial charge < -0.3 is 9.47 Å². The maximum absolute atomic E-state index is 6.10. The molecule has 0 N–H and O–H groups in total. The maximum Gasteiger partial charge on any atom is 0.129 e. The summed E-state index contributed by atoms with van der Waals surface area (Å²) < 4.78 is 10.7. The van der Waals surface area contributed by atoms with E-state index in [1.165, 1.54) is 0 Å². The van der Waals surface area contributed by atoms with Crippen molar-refractivity contribution in [1.82, 2.24) is 0 Å². The largest absolute Gasteiger partial charge is 0.497 e. The molecule has 2 rings (SSSR count). The predicted octanol–water partition coefficient (Wildman–Crippen LogP) is 3.06. The molecule has 1 aliphatic heterocycles. The zero-order chi connectivity index (χ0) is 10.1. The molecule has 1 heterocycles. The lowest BCUT2D eigenvalue weighted by Crippen LogP contribution is -2.13. The third-order valence-corrected chi connectivity index (χ3v) is 2.47. The average molecular weight is 211 g/mol. The number of rotatable bonds is 1. The Kier molecular flexibility index (Phi) is 2.38. The molecule has 1 unspecified atom stereocenters. The molecule has 0 fully saturated rings. The summed E-state index contributed by atoms with van der Waals surface area (Å²) in [5.41, 5.74) is 0.893. The van der Waals surface area contributed by atoms with E-state index in [1.54, 1.807) is 7.11 Å². The predicted molar refractivity (Wildman–Crippen MR) is 56.9 cm³/mol. The molecule has 14 heavy (non-hydrogen) atoms. The number of ether oxygens (including phenoxy) is 2. The molecule has 0 aliphatic carbocycles. The highest BCUT2D eigenvalue weighted by Gasteiger charge is 2.16. The fraction of sp³-hybridized carbons (Fsp3) is 0.273. The minimum atomic E-state index is 0.0309. The molecule has 1 aromatic rings. The van der Waals surface area contributed by atoms with Gasteiger partial charge in [0.05, 0.1) is 12.1 Å². The summed E-state index contributed by atoms with van der Waals surface area (Å²) in [6.07, 6.45) is 1.91. The molecule has 1 aromatic carbocycles. The smallest absolute Gasteiger partial charge is 0.129 e. The first-order chi connectivity index (χ1) is 6.70. The lowest BCUT2D eigenvalue weighted by Gasteiger charge is -2.20. The molecule has 0 spiro atoms. The summed E-state index contributed by atoms with van der Waals surface area (Å²) in [6.45, 7) is 1.95. The highest BCUT2D eigenvalue weighted by molar-refractivity contribution is 6.49. The molecule has 0 radical (unpaired) electrons. The number of hydrogen-bond acceptors (Lipinski definition) is 2. The van der Waals surface area contributed by atoms with Crippen LogP contribution in [0.15, 0.2) is 24.3 Å². The fourth-order valence-corrected chi connectivity index (χ4v) is 1.78. The molecular weight excluding hydrogens is 200 g/mol. The van der Waals surface area contributed by atoms with Crippen LogP contribution in [0.2, 0.25) is 0 Å². The van der Waals surface area contributed by atoms with E-state index in [9.17, 15) is 0 Å². The van der Waals surface area contributed by atoms with Gasteiger partial charge in [0.25, 0.3) is 0 Å². The van der Waals surface area contributed by atoms with E-state index in [2.05, 4.69) is 0 Å². The highest BCUT2D eigenvalue weighted by atomic mass is 35.5. The third-order valence-electron chi connectivity index (χ3n) is 2.14. The Balaban J connectivity index is 2.48. The SMILES string of the molecule is COc1ccc2c(c1)C(Cl)=CC(C)O2. The summed E-state index contributed by atoms with van der Waals surface area (Å²) in [4.78, 5) is 0. The summed E-state index contributed by atoms with van der Waals surface area (Å²) in [6, 6.07) is 5.61. The first-order valence-electron chi connectivity index (χ1n) is 4.43. The van der Waals surface area contributed by atoms with Crippen molar-refractivity contribution in [3.05, 3.63) is 29.8 Å². The van der Waals surface area contributed by atoms with Crippen molar-refractivity contribution in [2.45, 2.75) is 13.0 Å². The molecule has 1 aliphatic rings. The van der Waals surface area contributed by atoms with Crippen LogP contribution in [-0.4, -0.2) is 13.2 Å². The van der Waals surface area contributed by atoms with Crippen LogP contribution in [0, 0.1) is 0 Å². The van der Waals surface area contributed by atoms with Crippen molar-refractivity contribution in [3.8, 4) is 11.5 Å². The van der Waals surface area contributed by atoms with Crippen LogP contribution < -0.4 is 9.47 Å². The first-order valence-corrected chi connectivity index (χ1v) is 4.81. The quantitative estimate of drug-likeness (QED) is 0.709. The summed E-state index contributed by atoms with van der Waals surface area (Å²) >= 11 is 6.10. The van der Waals surface area contributed by atoms with Crippen molar-refractivity contribution < 1.29 is 9.47 Å². The Morgan fingerprint density at radius 2 is 2.21 bits per heavy atom. The lowest BCUT2D eigenvalue weighted by molar-refractivity contribution is 0.265. The summed E-state index contributed by atoms with van der Waals surface area (Å²) in [5.74, 6) is 1.60. The molecule has 0 bridgehead atoms. The normalized spacial score (nSPS) is 19.4. The van der Waals surface area contributed by atoms with Gasteiger partial charge in [-0.25, -0.2) is 0 Å². The van der Waals surface area contributed by atoms with Crippen LogP contribution in [0.25, 0.3) is 5.03 Å². The number of methoxy groups -OCH3 is 1. The van der Waals surface area contributed by atoms with Gasteiger partial charge in [-0.3, -0.25) is 0 Å². The molecule has 0 amide bonds. The van der Waals surface area contributed by atoms with Crippen LogP contribution in [0.3, 0.4) is 0 Å². The van der Waals surface area contributed by atoms with Crippen molar-refractivity contribution in [1.29, 1.82) is 0 Å². The van der Waals surface area contributed by atoms with Gasteiger partial charge in [-0.05, 0) is 31.2 Å². The third kappa shape index (κ3) is 1.58. The van der Waals surface area contributed by atoms with Crippen LogP contribution in [-0.2, 0) is 0 Å². The monoisotopic (exact) mass is 210 g/mol. The Labute approximate surface area is 88.1 Å². The lowest BCUT2D eigenvalue weighted by atomic mass is 10.1. The molecule has 2 nitrogen and oxygen atoms in total. The van der Waals surface area contributed by atoms with E-state index < -0.39 is 0 Å². The molecule has 0 saturated carbocycles. The average Bonchev–Trinajstić information content (AvgIpc) is 2.17. The highest BCUT2D eigenvalue weighted by Crippen LogP contribution is 2.36. The number of halogens is 1. The number of hydrogen-bond donors (Lipinski definition) is 0. The molecule has 74 valence electrons. The maximum atomic E-state index is 6.10. The topological polar surface area (TPSA) is 18.5 Å². The van der Waals surface area contributed by atoms with E-state index in [-0.39, 0.29) is 6.10 Å². The second kappa shape index (κ2) is 3.54. The van der Waals surface area contributed by atoms with Crippen LogP contribution in [0.5, 0.6) is 11.5 Å². The second-order valence-electron chi connectivity index (χ2n) is 3.20. The van der Waals surface area contributed by atoms with E-state index in [0.717, 1.165) is 22.1 Å². The van der Waals surface area contributed by atoms with Crippen molar-refractivity contribution in [3.63, 3.8) is 0 Å². The first kappa shape index (κ1) is 9.41. The van der Waals surface area contributed by atoms with Gasteiger partial charge in [-0.1, -0.05) is 11.6 Å². The fourth-order valence-electron chi connectivity index (χ4n) is 1.46. The minimum absolute atomic E-state index is 0.0309. The Bertz CT molecular complexity index is 385. The van der Waals surface area contributed by atoms with Gasteiger partial charge >= 0.3 is 0 Å². The Morgan fingerprint density at radius 1 is 1.43 bits per heavy atom. The van der Waals surface area contributed by atoms with Crippen LogP contribution >= 0.6 is 11.6 Å². The van der Waals surface area contributed by atoms with Gasteiger partial charge in [-0.15, -0.1) is 0 Å². The molecular formula is C11H11ClO2.